The van der Waals surface area contributed by atoms with Crippen molar-refractivity contribution in [2.75, 3.05) is 26.2 Å². The van der Waals surface area contributed by atoms with Crippen molar-refractivity contribution in [1.82, 2.24) is 10.2 Å². The lowest BCUT2D eigenvalue weighted by molar-refractivity contribution is 0.284. The first-order chi connectivity index (χ1) is 7.34. The Morgan fingerprint density at radius 1 is 1.25 bits per heavy atom. The summed E-state index contributed by atoms with van der Waals surface area (Å²) in [5, 5.41) is 3.42. The molecule has 1 aliphatic rings. The average Bonchev–Trinajstić information content (AvgIpc) is 2.46. The molecule has 0 spiro atoms. The maximum absolute atomic E-state index is 3.51. The van der Waals surface area contributed by atoms with E-state index in [1.54, 1.807) is 0 Å². The quantitative estimate of drug-likeness (QED) is 0.904. The fraction of sp³-hybridized carbons (Fsp3) is 0.500. The van der Waals surface area contributed by atoms with Crippen LogP contribution in [0, 0.1) is 0 Å². The summed E-state index contributed by atoms with van der Waals surface area (Å²) in [5.41, 5.74) is 1.39. The smallest absolute Gasteiger partial charge is 0.0234 e. The Labute approximate surface area is 112 Å². The van der Waals surface area contributed by atoms with Crippen molar-refractivity contribution in [3.63, 3.8) is 0 Å². The van der Waals surface area contributed by atoms with Crippen LogP contribution in [0.2, 0.25) is 0 Å². The van der Waals surface area contributed by atoms with E-state index in [9.17, 15) is 0 Å². The number of halogens is 2. The van der Waals surface area contributed by atoms with Crippen LogP contribution in [0.4, 0.5) is 0 Å². The molecule has 0 aliphatic carbocycles. The third-order valence-electron chi connectivity index (χ3n) is 2.73. The SMILES string of the molecule is Brc1cccc(CN2CCCNCC2)c1.Cl. The number of nitrogens with zero attached hydrogens (tertiary/aromatic N) is 1. The van der Waals surface area contributed by atoms with Gasteiger partial charge in [0, 0.05) is 24.1 Å². The van der Waals surface area contributed by atoms with Crippen molar-refractivity contribution in [3.05, 3.63) is 34.3 Å². The monoisotopic (exact) mass is 304 g/mol. The van der Waals surface area contributed by atoms with Gasteiger partial charge in [0.25, 0.3) is 0 Å². The Morgan fingerprint density at radius 2 is 2.12 bits per heavy atom. The standard InChI is InChI=1S/C12H17BrN2.ClH/c13-12-4-1-3-11(9-12)10-15-7-2-5-14-6-8-15;/h1,3-4,9,14H,2,5-8,10H2;1H. The average molecular weight is 306 g/mol. The fourth-order valence-corrected chi connectivity index (χ4v) is 2.40. The molecule has 90 valence electrons. The predicted octanol–water partition coefficient (Wildman–Crippen LogP) is 2.67. The summed E-state index contributed by atoms with van der Waals surface area (Å²) >= 11 is 3.51. The normalized spacial score (nSPS) is 17.6. The molecular formula is C12H18BrClN2. The minimum Gasteiger partial charge on any atom is -0.315 e. The molecule has 0 bridgehead atoms. The lowest BCUT2D eigenvalue weighted by atomic mass is 10.2. The second kappa shape index (κ2) is 7.28. The summed E-state index contributed by atoms with van der Waals surface area (Å²) in [6.45, 7) is 5.72. The van der Waals surface area contributed by atoms with Crippen LogP contribution in [0.5, 0.6) is 0 Å². The largest absolute Gasteiger partial charge is 0.315 e. The van der Waals surface area contributed by atoms with Gasteiger partial charge in [0.1, 0.15) is 0 Å². The number of hydrogen-bond donors (Lipinski definition) is 1. The van der Waals surface area contributed by atoms with Gasteiger partial charge >= 0.3 is 0 Å². The van der Waals surface area contributed by atoms with E-state index >= 15 is 0 Å². The first-order valence-corrected chi connectivity index (χ1v) is 6.31. The van der Waals surface area contributed by atoms with Crippen molar-refractivity contribution in [2.45, 2.75) is 13.0 Å². The molecular weight excluding hydrogens is 288 g/mol. The maximum Gasteiger partial charge on any atom is 0.0234 e. The van der Waals surface area contributed by atoms with Gasteiger partial charge in [-0.2, -0.15) is 0 Å². The third kappa shape index (κ3) is 4.42. The highest BCUT2D eigenvalue weighted by atomic mass is 79.9. The third-order valence-corrected chi connectivity index (χ3v) is 3.22. The maximum atomic E-state index is 3.51. The van der Waals surface area contributed by atoms with Crippen molar-refractivity contribution in [3.8, 4) is 0 Å². The highest BCUT2D eigenvalue weighted by molar-refractivity contribution is 9.10. The zero-order chi connectivity index (χ0) is 10.5. The number of rotatable bonds is 2. The molecule has 0 unspecified atom stereocenters. The zero-order valence-corrected chi connectivity index (χ0v) is 11.7. The Hall–Kier alpha value is -0.0900. The molecule has 4 heteroatoms. The van der Waals surface area contributed by atoms with Crippen LogP contribution >= 0.6 is 28.3 Å². The fourth-order valence-electron chi connectivity index (χ4n) is 1.95. The molecule has 0 radical (unpaired) electrons. The Morgan fingerprint density at radius 3 is 2.94 bits per heavy atom. The van der Waals surface area contributed by atoms with E-state index in [1.165, 1.54) is 23.0 Å². The summed E-state index contributed by atoms with van der Waals surface area (Å²) in [4.78, 5) is 2.52. The van der Waals surface area contributed by atoms with Crippen LogP contribution in [-0.2, 0) is 6.54 Å². The van der Waals surface area contributed by atoms with E-state index in [0.29, 0.717) is 0 Å². The lowest BCUT2D eigenvalue weighted by Crippen LogP contribution is -2.27. The van der Waals surface area contributed by atoms with E-state index in [4.69, 9.17) is 0 Å². The molecule has 0 atom stereocenters. The van der Waals surface area contributed by atoms with E-state index in [-0.39, 0.29) is 12.4 Å². The molecule has 2 nitrogen and oxygen atoms in total. The number of benzene rings is 1. The highest BCUT2D eigenvalue weighted by Gasteiger charge is 2.08. The summed E-state index contributed by atoms with van der Waals surface area (Å²) < 4.78 is 1.17. The van der Waals surface area contributed by atoms with E-state index < -0.39 is 0 Å². The van der Waals surface area contributed by atoms with Gasteiger partial charge in [-0.05, 0) is 37.2 Å². The topological polar surface area (TPSA) is 15.3 Å². The second-order valence-corrected chi connectivity index (χ2v) is 4.93. The van der Waals surface area contributed by atoms with Crippen LogP contribution in [0.1, 0.15) is 12.0 Å². The van der Waals surface area contributed by atoms with Crippen LogP contribution in [0.3, 0.4) is 0 Å². The molecule has 2 rings (SSSR count). The molecule has 1 N–H and O–H groups in total. The van der Waals surface area contributed by atoms with Gasteiger partial charge in [-0.1, -0.05) is 28.1 Å². The summed E-state index contributed by atoms with van der Waals surface area (Å²) in [6.07, 6.45) is 1.26. The van der Waals surface area contributed by atoms with Crippen molar-refractivity contribution in [1.29, 1.82) is 0 Å². The van der Waals surface area contributed by atoms with Gasteiger partial charge in [-0.3, -0.25) is 4.90 Å². The zero-order valence-electron chi connectivity index (χ0n) is 9.29. The minimum absolute atomic E-state index is 0. The van der Waals surface area contributed by atoms with Gasteiger partial charge < -0.3 is 5.32 Å². The Balaban J connectivity index is 0.00000128. The molecule has 0 aromatic heterocycles. The first-order valence-electron chi connectivity index (χ1n) is 5.52. The molecule has 16 heavy (non-hydrogen) atoms. The Bertz CT molecular complexity index is 312. The van der Waals surface area contributed by atoms with Crippen molar-refractivity contribution >= 4 is 28.3 Å². The van der Waals surface area contributed by atoms with Crippen LogP contribution in [0.15, 0.2) is 28.7 Å². The minimum atomic E-state index is 0. The van der Waals surface area contributed by atoms with Crippen molar-refractivity contribution in [2.24, 2.45) is 0 Å². The van der Waals surface area contributed by atoms with Crippen LogP contribution < -0.4 is 5.32 Å². The van der Waals surface area contributed by atoms with E-state index in [0.717, 1.165) is 26.2 Å². The summed E-state index contributed by atoms with van der Waals surface area (Å²) in [6, 6.07) is 8.59. The molecule has 0 amide bonds. The first kappa shape index (κ1) is 14.0. The van der Waals surface area contributed by atoms with Gasteiger partial charge in [0.2, 0.25) is 0 Å². The summed E-state index contributed by atoms with van der Waals surface area (Å²) in [7, 11) is 0. The molecule has 1 fully saturated rings. The molecule has 1 aliphatic heterocycles. The van der Waals surface area contributed by atoms with Crippen LogP contribution in [-0.4, -0.2) is 31.1 Å². The molecule has 1 saturated heterocycles. The Kier molecular flexibility index (Phi) is 6.36. The predicted molar refractivity (Wildman–Crippen MR) is 74.2 cm³/mol. The molecule has 1 aromatic carbocycles. The van der Waals surface area contributed by atoms with Crippen LogP contribution in [0.25, 0.3) is 0 Å². The second-order valence-electron chi connectivity index (χ2n) is 4.01. The van der Waals surface area contributed by atoms with Crippen molar-refractivity contribution < 1.29 is 0 Å². The molecule has 0 saturated carbocycles. The van der Waals surface area contributed by atoms with E-state index in [2.05, 4.69) is 50.4 Å². The highest BCUT2D eigenvalue weighted by Crippen LogP contribution is 2.13. The summed E-state index contributed by atoms with van der Waals surface area (Å²) in [5.74, 6) is 0. The van der Waals surface area contributed by atoms with Gasteiger partial charge in [0.15, 0.2) is 0 Å². The van der Waals surface area contributed by atoms with Gasteiger partial charge in [0.05, 0.1) is 0 Å². The lowest BCUT2D eigenvalue weighted by Gasteiger charge is -2.19. The van der Waals surface area contributed by atoms with Gasteiger partial charge in [-0.15, -0.1) is 12.4 Å². The van der Waals surface area contributed by atoms with Gasteiger partial charge in [-0.25, -0.2) is 0 Å². The molecule has 1 heterocycles. The van der Waals surface area contributed by atoms with E-state index in [1.807, 2.05) is 0 Å². The number of hydrogen-bond acceptors (Lipinski definition) is 2. The number of nitrogens with one attached hydrogen (secondary N) is 1. The molecule has 1 aromatic rings.